The summed E-state index contributed by atoms with van der Waals surface area (Å²) in [6.45, 7) is 0. The Labute approximate surface area is 104 Å². The Morgan fingerprint density at radius 1 is 1.53 bits per heavy atom. The molecule has 6 nitrogen and oxygen atoms in total. The van der Waals surface area contributed by atoms with Crippen molar-refractivity contribution in [3.05, 3.63) is 27.4 Å². The van der Waals surface area contributed by atoms with Gasteiger partial charge in [0, 0.05) is 6.04 Å². The Morgan fingerprint density at radius 3 is 2.94 bits per heavy atom. The molecule has 0 bridgehead atoms. The lowest BCUT2D eigenvalue weighted by Crippen LogP contribution is -2.11. The second-order valence-corrected chi connectivity index (χ2v) is 4.76. The van der Waals surface area contributed by atoms with Crippen LogP contribution < -0.4 is 5.56 Å². The normalized spacial score (nSPS) is 15.1. The van der Waals surface area contributed by atoms with Gasteiger partial charge in [-0.3, -0.25) is 4.79 Å². The Kier molecular flexibility index (Phi) is 2.29. The van der Waals surface area contributed by atoms with Gasteiger partial charge in [-0.05, 0) is 28.8 Å². The van der Waals surface area contributed by atoms with Gasteiger partial charge in [0.2, 0.25) is 5.88 Å². The zero-order valence-electron chi connectivity index (χ0n) is 8.72. The standard InChI is InChI=1S/C10H9BrN4O2/c11-7-9(16)13-8(14-10(7)17)6-3-12-4-15(6)5-1-2-5/h3-5H,1-2H2,(H2,13,14,16,17). The second-order valence-electron chi connectivity index (χ2n) is 3.97. The third kappa shape index (κ3) is 1.76. The van der Waals surface area contributed by atoms with Crippen molar-refractivity contribution in [3.8, 4) is 17.4 Å². The van der Waals surface area contributed by atoms with Crippen LogP contribution in [0.15, 0.2) is 21.8 Å². The van der Waals surface area contributed by atoms with Gasteiger partial charge in [0.1, 0.15) is 10.2 Å². The number of nitrogens with one attached hydrogen (secondary N) is 1. The SMILES string of the molecule is O=c1[nH]c(-c2cncn2C2CC2)nc(O)c1Br. The summed E-state index contributed by atoms with van der Waals surface area (Å²) in [7, 11) is 0. The van der Waals surface area contributed by atoms with Gasteiger partial charge in [-0.25, -0.2) is 4.98 Å². The van der Waals surface area contributed by atoms with Crippen molar-refractivity contribution in [3.63, 3.8) is 0 Å². The molecule has 0 unspecified atom stereocenters. The van der Waals surface area contributed by atoms with Crippen LogP contribution in [0.2, 0.25) is 0 Å². The molecule has 0 aromatic carbocycles. The third-order valence-electron chi connectivity index (χ3n) is 2.69. The van der Waals surface area contributed by atoms with Crippen molar-refractivity contribution in [2.24, 2.45) is 0 Å². The molecule has 1 aliphatic carbocycles. The predicted molar refractivity (Wildman–Crippen MR) is 63.7 cm³/mol. The van der Waals surface area contributed by atoms with Crippen molar-refractivity contribution in [1.29, 1.82) is 0 Å². The summed E-state index contributed by atoms with van der Waals surface area (Å²) in [5.74, 6) is 0.0207. The summed E-state index contributed by atoms with van der Waals surface area (Å²) in [6, 6.07) is 0.434. The van der Waals surface area contributed by atoms with Crippen molar-refractivity contribution < 1.29 is 5.11 Å². The molecule has 88 valence electrons. The first kappa shape index (κ1) is 10.5. The number of halogens is 1. The van der Waals surface area contributed by atoms with Gasteiger partial charge < -0.3 is 14.7 Å². The van der Waals surface area contributed by atoms with Gasteiger partial charge in [-0.15, -0.1) is 0 Å². The number of aromatic amines is 1. The fourth-order valence-corrected chi connectivity index (χ4v) is 1.89. The van der Waals surface area contributed by atoms with Crippen LogP contribution in [-0.2, 0) is 0 Å². The number of rotatable bonds is 2. The summed E-state index contributed by atoms with van der Waals surface area (Å²) in [6.07, 6.45) is 5.56. The van der Waals surface area contributed by atoms with Gasteiger partial charge in [0.05, 0.1) is 12.5 Å². The molecule has 0 saturated heterocycles. The quantitative estimate of drug-likeness (QED) is 0.878. The lowest BCUT2D eigenvalue weighted by Gasteiger charge is -2.06. The van der Waals surface area contributed by atoms with E-state index < -0.39 is 5.56 Å². The Morgan fingerprint density at radius 2 is 2.29 bits per heavy atom. The zero-order valence-corrected chi connectivity index (χ0v) is 10.3. The van der Waals surface area contributed by atoms with E-state index in [0.29, 0.717) is 17.6 Å². The van der Waals surface area contributed by atoms with E-state index in [4.69, 9.17) is 0 Å². The third-order valence-corrected chi connectivity index (χ3v) is 3.41. The maximum Gasteiger partial charge on any atom is 0.269 e. The van der Waals surface area contributed by atoms with E-state index in [1.54, 1.807) is 12.5 Å². The molecule has 2 aromatic heterocycles. The number of hydrogen-bond donors (Lipinski definition) is 2. The summed E-state index contributed by atoms with van der Waals surface area (Å²) >= 11 is 2.96. The molecule has 2 N–H and O–H groups in total. The number of imidazole rings is 1. The lowest BCUT2D eigenvalue weighted by atomic mass is 10.4. The van der Waals surface area contributed by atoms with Gasteiger partial charge in [-0.1, -0.05) is 0 Å². The number of hydrogen-bond acceptors (Lipinski definition) is 4. The summed E-state index contributed by atoms with van der Waals surface area (Å²) in [4.78, 5) is 22.1. The molecular formula is C10H9BrN4O2. The Balaban J connectivity index is 2.15. The highest BCUT2D eigenvalue weighted by Gasteiger charge is 2.26. The van der Waals surface area contributed by atoms with E-state index in [0.717, 1.165) is 12.8 Å². The highest BCUT2D eigenvalue weighted by Crippen LogP contribution is 2.37. The topological polar surface area (TPSA) is 83.8 Å². The predicted octanol–water partition coefficient (Wildman–Crippen LogP) is 1.44. The molecule has 1 fully saturated rings. The average molecular weight is 297 g/mol. The lowest BCUT2D eigenvalue weighted by molar-refractivity contribution is 0.447. The molecule has 0 amide bonds. The van der Waals surface area contributed by atoms with E-state index in [2.05, 4.69) is 30.9 Å². The van der Waals surface area contributed by atoms with Crippen LogP contribution in [0.3, 0.4) is 0 Å². The molecule has 17 heavy (non-hydrogen) atoms. The fraction of sp³-hybridized carbons (Fsp3) is 0.300. The van der Waals surface area contributed by atoms with Crippen LogP contribution in [-0.4, -0.2) is 24.6 Å². The van der Waals surface area contributed by atoms with Crippen LogP contribution in [0.1, 0.15) is 18.9 Å². The van der Waals surface area contributed by atoms with Crippen LogP contribution >= 0.6 is 15.9 Å². The molecule has 2 heterocycles. The summed E-state index contributed by atoms with van der Waals surface area (Å²) < 4.78 is 2.00. The molecular weight excluding hydrogens is 288 g/mol. The zero-order chi connectivity index (χ0) is 12.0. The van der Waals surface area contributed by atoms with E-state index in [9.17, 15) is 9.90 Å². The van der Waals surface area contributed by atoms with Crippen molar-refractivity contribution >= 4 is 15.9 Å². The molecule has 0 spiro atoms. The molecule has 3 rings (SSSR count). The highest BCUT2D eigenvalue weighted by atomic mass is 79.9. The monoisotopic (exact) mass is 296 g/mol. The summed E-state index contributed by atoms with van der Waals surface area (Å²) in [5, 5.41) is 9.52. The van der Waals surface area contributed by atoms with Gasteiger partial charge in [0.15, 0.2) is 5.82 Å². The largest absolute Gasteiger partial charge is 0.492 e. The molecule has 7 heteroatoms. The number of H-pyrrole nitrogens is 1. The Hall–Kier alpha value is -1.63. The maximum absolute atomic E-state index is 11.5. The molecule has 1 aliphatic rings. The minimum Gasteiger partial charge on any atom is -0.492 e. The van der Waals surface area contributed by atoms with Crippen LogP contribution in [0.25, 0.3) is 11.5 Å². The van der Waals surface area contributed by atoms with Crippen molar-refractivity contribution in [1.82, 2.24) is 19.5 Å². The van der Waals surface area contributed by atoms with Crippen LogP contribution in [0.4, 0.5) is 0 Å². The van der Waals surface area contributed by atoms with Gasteiger partial charge >= 0.3 is 0 Å². The van der Waals surface area contributed by atoms with E-state index >= 15 is 0 Å². The molecule has 0 radical (unpaired) electrons. The minimum atomic E-state index is -0.406. The first-order chi connectivity index (χ1) is 8.16. The smallest absolute Gasteiger partial charge is 0.269 e. The highest BCUT2D eigenvalue weighted by molar-refractivity contribution is 9.10. The first-order valence-corrected chi connectivity index (χ1v) is 5.97. The maximum atomic E-state index is 11.5. The minimum absolute atomic E-state index is 0.0405. The van der Waals surface area contributed by atoms with Crippen LogP contribution in [0, 0.1) is 0 Å². The Bertz CT molecular complexity index is 629. The number of aromatic hydroxyl groups is 1. The fourth-order valence-electron chi connectivity index (χ4n) is 1.70. The van der Waals surface area contributed by atoms with E-state index in [1.807, 2.05) is 4.57 Å². The second kappa shape index (κ2) is 3.69. The number of nitrogens with zero attached hydrogens (tertiary/aromatic N) is 3. The van der Waals surface area contributed by atoms with Crippen LogP contribution in [0.5, 0.6) is 5.88 Å². The van der Waals surface area contributed by atoms with Gasteiger partial charge in [0.25, 0.3) is 5.56 Å². The molecule has 1 saturated carbocycles. The van der Waals surface area contributed by atoms with E-state index in [-0.39, 0.29) is 10.4 Å². The molecule has 0 atom stereocenters. The first-order valence-electron chi connectivity index (χ1n) is 5.18. The summed E-state index contributed by atoms with van der Waals surface area (Å²) in [5.41, 5.74) is 0.309. The van der Waals surface area contributed by atoms with Gasteiger partial charge in [-0.2, -0.15) is 4.98 Å². The molecule has 0 aliphatic heterocycles. The van der Waals surface area contributed by atoms with E-state index in [1.165, 1.54) is 0 Å². The van der Waals surface area contributed by atoms with Crippen molar-refractivity contribution in [2.45, 2.75) is 18.9 Å². The average Bonchev–Trinajstić information content (AvgIpc) is 3.03. The van der Waals surface area contributed by atoms with Crippen molar-refractivity contribution in [2.75, 3.05) is 0 Å². The number of aromatic nitrogens is 4. The molecule has 2 aromatic rings.